The summed E-state index contributed by atoms with van der Waals surface area (Å²) in [6.07, 6.45) is 3.82. The van der Waals surface area contributed by atoms with E-state index in [1.807, 2.05) is 30.3 Å². The van der Waals surface area contributed by atoms with Gasteiger partial charge in [0, 0.05) is 25.7 Å². The van der Waals surface area contributed by atoms with Gasteiger partial charge in [0.15, 0.2) is 6.61 Å². The van der Waals surface area contributed by atoms with E-state index < -0.39 is 0 Å². The molecule has 2 atom stereocenters. The zero-order chi connectivity index (χ0) is 17.5. The van der Waals surface area contributed by atoms with E-state index in [1.165, 1.54) is 0 Å². The molecule has 0 spiro atoms. The van der Waals surface area contributed by atoms with Gasteiger partial charge in [-0.3, -0.25) is 9.59 Å². The lowest BCUT2D eigenvalue weighted by Crippen LogP contribution is -2.51. The van der Waals surface area contributed by atoms with Gasteiger partial charge in [0.1, 0.15) is 5.75 Å². The molecule has 136 valence electrons. The number of nitrogens with zero attached hydrogens (tertiary/aromatic N) is 1. The highest BCUT2D eigenvalue weighted by Gasteiger charge is 2.29. The van der Waals surface area contributed by atoms with E-state index in [2.05, 4.69) is 10.6 Å². The van der Waals surface area contributed by atoms with E-state index in [1.54, 1.807) is 4.90 Å². The molecule has 2 aliphatic heterocycles. The Morgan fingerprint density at radius 1 is 1.20 bits per heavy atom. The lowest BCUT2D eigenvalue weighted by Gasteiger charge is -2.33. The SMILES string of the molecule is O=C(NC1CCCNC1)C1CCCN(C(=O)COc2ccccc2)C1. The van der Waals surface area contributed by atoms with E-state index in [0.717, 1.165) is 38.8 Å². The Morgan fingerprint density at radius 3 is 2.80 bits per heavy atom. The van der Waals surface area contributed by atoms with Gasteiger partial charge in [-0.2, -0.15) is 0 Å². The molecule has 25 heavy (non-hydrogen) atoms. The minimum Gasteiger partial charge on any atom is -0.484 e. The van der Waals surface area contributed by atoms with Gasteiger partial charge in [0.25, 0.3) is 5.91 Å². The van der Waals surface area contributed by atoms with Crippen molar-refractivity contribution in [2.75, 3.05) is 32.8 Å². The van der Waals surface area contributed by atoms with E-state index >= 15 is 0 Å². The van der Waals surface area contributed by atoms with Crippen molar-refractivity contribution < 1.29 is 14.3 Å². The molecule has 0 aromatic heterocycles. The predicted molar refractivity (Wildman–Crippen MR) is 95.3 cm³/mol. The molecule has 1 aromatic rings. The highest BCUT2D eigenvalue weighted by molar-refractivity contribution is 5.82. The van der Waals surface area contributed by atoms with Gasteiger partial charge < -0.3 is 20.3 Å². The van der Waals surface area contributed by atoms with Crippen molar-refractivity contribution in [3.63, 3.8) is 0 Å². The number of hydrogen-bond donors (Lipinski definition) is 2. The second kappa shape index (κ2) is 8.85. The van der Waals surface area contributed by atoms with E-state index in [4.69, 9.17) is 4.74 Å². The Morgan fingerprint density at radius 2 is 2.04 bits per heavy atom. The Bertz CT molecular complexity index is 573. The van der Waals surface area contributed by atoms with E-state index in [9.17, 15) is 9.59 Å². The summed E-state index contributed by atoms with van der Waals surface area (Å²) in [5.41, 5.74) is 0. The summed E-state index contributed by atoms with van der Waals surface area (Å²) in [6.45, 7) is 3.07. The van der Waals surface area contributed by atoms with Crippen LogP contribution in [0.25, 0.3) is 0 Å². The highest BCUT2D eigenvalue weighted by Crippen LogP contribution is 2.18. The molecule has 0 saturated carbocycles. The largest absolute Gasteiger partial charge is 0.484 e. The van der Waals surface area contributed by atoms with Crippen molar-refractivity contribution in [3.8, 4) is 5.75 Å². The quantitative estimate of drug-likeness (QED) is 0.840. The van der Waals surface area contributed by atoms with Gasteiger partial charge in [-0.15, -0.1) is 0 Å². The van der Waals surface area contributed by atoms with Gasteiger partial charge in [-0.1, -0.05) is 18.2 Å². The minimum absolute atomic E-state index is 0.0187. The predicted octanol–water partition coefficient (Wildman–Crippen LogP) is 1.17. The van der Waals surface area contributed by atoms with Crippen molar-refractivity contribution in [2.24, 2.45) is 5.92 Å². The number of carbonyl (C=O) groups is 2. The first kappa shape index (κ1) is 17.7. The summed E-state index contributed by atoms with van der Waals surface area (Å²) < 4.78 is 5.54. The van der Waals surface area contributed by atoms with Crippen LogP contribution in [0.4, 0.5) is 0 Å². The maximum Gasteiger partial charge on any atom is 0.260 e. The number of amides is 2. The smallest absolute Gasteiger partial charge is 0.260 e. The zero-order valence-corrected chi connectivity index (χ0v) is 14.6. The van der Waals surface area contributed by atoms with Crippen LogP contribution in [0.1, 0.15) is 25.7 Å². The Hall–Kier alpha value is -2.08. The minimum atomic E-state index is -0.114. The van der Waals surface area contributed by atoms with Crippen LogP contribution in [0.3, 0.4) is 0 Å². The second-order valence-electron chi connectivity index (χ2n) is 6.83. The summed E-state index contributed by atoms with van der Waals surface area (Å²) in [5, 5.41) is 6.44. The molecule has 0 radical (unpaired) electrons. The average Bonchev–Trinajstić information content (AvgIpc) is 2.68. The number of ether oxygens (including phenoxy) is 1. The standard InChI is InChI=1S/C19H27N3O3/c23-18(14-25-17-8-2-1-3-9-17)22-11-5-6-15(13-22)19(24)21-16-7-4-10-20-12-16/h1-3,8-9,15-16,20H,4-7,10-14H2,(H,21,24). The molecule has 6 heteroatoms. The molecule has 2 amide bonds. The maximum atomic E-state index is 12.5. The van der Waals surface area contributed by atoms with E-state index in [0.29, 0.717) is 18.8 Å². The first-order valence-corrected chi connectivity index (χ1v) is 9.19. The number of nitrogens with one attached hydrogen (secondary N) is 2. The van der Waals surface area contributed by atoms with Crippen molar-refractivity contribution in [1.29, 1.82) is 0 Å². The van der Waals surface area contributed by atoms with Crippen LogP contribution in [0, 0.1) is 5.92 Å². The lowest BCUT2D eigenvalue weighted by molar-refractivity contribution is -0.137. The number of carbonyl (C=O) groups excluding carboxylic acids is 2. The summed E-state index contributed by atoms with van der Waals surface area (Å²) in [5.74, 6) is 0.596. The fraction of sp³-hybridized carbons (Fsp3) is 0.579. The molecule has 1 aromatic carbocycles. The van der Waals surface area contributed by atoms with Crippen molar-refractivity contribution in [3.05, 3.63) is 30.3 Å². The molecular formula is C19H27N3O3. The molecule has 6 nitrogen and oxygen atoms in total. The number of benzene rings is 1. The molecule has 2 N–H and O–H groups in total. The summed E-state index contributed by atoms with van der Waals surface area (Å²) in [7, 11) is 0. The van der Waals surface area contributed by atoms with Gasteiger partial charge in [-0.25, -0.2) is 0 Å². The Labute approximate surface area is 148 Å². The van der Waals surface area contributed by atoms with Crippen LogP contribution < -0.4 is 15.4 Å². The number of likely N-dealkylation sites (tertiary alicyclic amines) is 1. The number of rotatable bonds is 5. The van der Waals surface area contributed by atoms with Crippen LogP contribution >= 0.6 is 0 Å². The van der Waals surface area contributed by atoms with Crippen LogP contribution in [0.5, 0.6) is 5.75 Å². The summed E-state index contributed by atoms with van der Waals surface area (Å²) in [4.78, 5) is 26.7. The maximum absolute atomic E-state index is 12.5. The molecule has 0 aliphatic carbocycles. The lowest BCUT2D eigenvalue weighted by atomic mass is 9.96. The number of hydrogen-bond acceptors (Lipinski definition) is 4. The van der Waals surface area contributed by atoms with Gasteiger partial charge >= 0.3 is 0 Å². The van der Waals surface area contributed by atoms with Crippen molar-refractivity contribution in [2.45, 2.75) is 31.7 Å². The third-order valence-electron chi connectivity index (χ3n) is 4.89. The molecular weight excluding hydrogens is 318 g/mol. The number of piperidine rings is 2. The first-order chi connectivity index (χ1) is 12.2. The monoisotopic (exact) mass is 345 g/mol. The molecule has 2 saturated heterocycles. The van der Waals surface area contributed by atoms with E-state index in [-0.39, 0.29) is 30.4 Å². The molecule has 2 unspecified atom stereocenters. The molecule has 2 aliphatic rings. The second-order valence-corrected chi connectivity index (χ2v) is 6.83. The molecule has 3 rings (SSSR count). The normalized spacial score (nSPS) is 23.8. The van der Waals surface area contributed by atoms with Crippen LogP contribution in [-0.4, -0.2) is 55.5 Å². The Balaban J connectivity index is 1.46. The topological polar surface area (TPSA) is 70.7 Å². The summed E-state index contributed by atoms with van der Waals surface area (Å²) in [6, 6.07) is 9.54. The average molecular weight is 345 g/mol. The van der Waals surface area contributed by atoms with Gasteiger partial charge in [-0.05, 0) is 44.4 Å². The Kier molecular flexibility index (Phi) is 6.28. The molecule has 0 bridgehead atoms. The van der Waals surface area contributed by atoms with Crippen LogP contribution in [0.15, 0.2) is 30.3 Å². The van der Waals surface area contributed by atoms with Crippen molar-refractivity contribution >= 4 is 11.8 Å². The fourth-order valence-corrected chi connectivity index (χ4v) is 3.46. The third kappa shape index (κ3) is 5.19. The van der Waals surface area contributed by atoms with Crippen LogP contribution in [0.2, 0.25) is 0 Å². The third-order valence-corrected chi connectivity index (χ3v) is 4.89. The highest BCUT2D eigenvalue weighted by atomic mass is 16.5. The fourth-order valence-electron chi connectivity index (χ4n) is 3.46. The molecule has 2 fully saturated rings. The molecule has 2 heterocycles. The van der Waals surface area contributed by atoms with Crippen molar-refractivity contribution in [1.82, 2.24) is 15.5 Å². The zero-order valence-electron chi connectivity index (χ0n) is 14.6. The first-order valence-electron chi connectivity index (χ1n) is 9.19. The summed E-state index contributed by atoms with van der Waals surface area (Å²) >= 11 is 0. The van der Waals surface area contributed by atoms with Gasteiger partial charge in [0.2, 0.25) is 5.91 Å². The van der Waals surface area contributed by atoms with Crippen LogP contribution in [-0.2, 0) is 9.59 Å². The number of para-hydroxylation sites is 1. The van der Waals surface area contributed by atoms with Gasteiger partial charge in [0.05, 0.1) is 5.92 Å².